The molecule has 2 nitrogen and oxygen atoms in total. The zero-order valence-corrected chi connectivity index (χ0v) is 9.86. The van der Waals surface area contributed by atoms with Crippen molar-refractivity contribution in [3.63, 3.8) is 0 Å². The van der Waals surface area contributed by atoms with E-state index < -0.39 is 0 Å². The van der Waals surface area contributed by atoms with Gasteiger partial charge in [-0.2, -0.15) is 0 Å². The molecule has 0 aliphatic rings. The van der Waals surface area contributed by atoms with Crippen LogP contribution in [0, 0.1) is 0 Å². The Morgan fingerprint density at radius 1 is 1.12 bits per heavy atom. The first-order chi connectivity index (χ1) is 7.88. The molecular formula is C13H20FNO. The van der Waals surface area contributed by atoms with Gasteiger partial charge in [-0.05, 0) is 25.0 Å². The Labute approximate surface area is 97.0 Å². The minimum absolute atomic E-state index is 0.256. The first-order valence-electron chi connectivity index (χ1n) is 5.73. The normalized spacial score (nSPS) is 10.4. The van der Waals surface area contributed by atoms with Crippen LogP contribution in [0.1, 0.15) is 12.8 Å². The Balaban J connectivity index is 2.49. The van der Waals surface area contributed by atoms with E-state index in [1.807, 2.05) is 18.2 Å². The highest BCUT2D eigenvalue weighted by Gasteiger charge is 2.04. The second kappa shape index (κ2) is 8.11. The van der Waals surface area contributed by atoms with Crippen molar-refractivity contribution in [2.24, 2.45) is 0 Å². The largest absolute Gasteiger partial charge is 0.385 e. The molecule has 0 N–H and O–H groups in total. The molecule has 90 valence electrons. The Morgan fingerprint density at radius 3 is 2.44 bits per heavy atom. The third-order valence-corrected chi connectivity index (χ3v) is 2.46. The van der Waals surface area contributed by atoms with Crippen LogP contribution in [0.5, 0.6) is 0 Å². The minimum Gasteiger partial charge on any atom is -0.385 e. The van der Waals surface area contributed by atoms with Gasteiger partial charge in [0, 0.05) is 32.5 Å². The maximum Gasteiger partial charge on any atom is 0.0911 e. The highest BCUT2D eigenvalue weighted by molar-refractivity contribution is 5.45. The summed E-state index contributed by atoms with van der Waals surface area (Å²) in [5.41, 5.74) is 1.16. The molecule has 0 saturated heterocycles. The van der Waals surface area contributed by atoms with Crippen LogP contribution >= 0.6 is 0 Å². The van der Waals surface area contributed by atoms with Crippen molar-refractivity contribution in [2.45, 2.75) is 12.8 Å². The van der Waals surface area contributed by atoms with Crippen LogP contribution in [0.15, 0.2) is 30.3 Å². The maximum atomic E-state index is 12.2. The first kappa shape index (κ1) is 13.0. The number of alkyl halides is 1. The Bertz CT molecular complexity index is 266. The van der Waals surface area contributed by atoms with Crippen molar-refractivity contribution in [1.82, 2.24) is 0 Å². The number of hydrogen-bond acceptors (Lipinski definition) is 2. The molecule has 0 spiro atoms. The van der Waals surface area contributed by atoms with Crippen LogP contribution < -0.4 is 4.90 Å². The highest BCUT2D eigenvalue weighted by atomic mass is 19.1. The summed E-state index contributed by atoms with van der Waals surface area (Å²) in [6, 6.07) is 10.1. The lowest BCUT2D eigenvalue weighted by Crippen LogP contribution is -2.26. The topological polar surface area (TPSA) is 12.5 Å². The molecule has 0 heterocycles. The van der Waals surface area contributed by atoms with Gasteiger partial charge in [0.25, 0.3) is 0 Å². The Kier molecular flexibility index (Phi) is 6.58. The van der Waals surface area contributed by atoms with Crippen molar-refractivity contribution in [3.8, 4) is 0 Å². The van der Waals surface area contributed by atoms with E-state index >= 15 is 0 Å². The van der Waals surface area contributed by atoms with Gasteiger partial charge in [-0.1, -0.05) is 18.2 Å². The van der Waals surface area contributed by atoms with Crippen LogP contribution in [0.2, 0.25) is 0 Å². The van der Waals surface area contributed by atoms with Crippen molar-refractivity contribution in [3.05, 3.63) is 30.3 Å². The number of nitrogens with zero attached hydrogens (tertiary/aromatic N) is 1. The summed E-state index contributed by atoms with van der Waals surface area (Å²) < 4.78 is 17.2. The standard InChI is InChI=1S/C13H20FNO/c1-16-12-6-11-15(10-5-9-14)13-7-3-2-4-8-13/h2-4,7-8H,5-6,9-12H2,1H3. The van der Waals surface area contributed by atoms with E-state index in [4.69, 9.17) is 4.74 Å². The molecule has 0 aliphatic carbocycles. The van der Waals surface area contributed by atoms with Gasteiger partial charge in [0.05, 0.1) is 6.67 Å². The summed E-state index contributed by atoms with van der Waals surface area (Å²) in [6.45, 7) is 2.18. The molecule has 0 unspecified atom stereocenters. The number of anilines is 1. The lowest BCUT2D eigenvalue weighted by molar-refractivity contribution is 0.196. The van der Waals surface area contributed by atoms with Gasteiger partial charge in [0.1, 0.15) is 0 Å². The predicted octanol–water partition coefficient (Wildman–Crippen LogP) is 2.89. The fourth-order valence-electron chi connectivity index (χ4n) is 1.66. The summed E-state index contributed by atoms with van der Waals surface area (Å²) in [4.78, 5) is 2.21. The summed E-state index contributed by atoms with van der Waals surface area (Å²) in [5.74, 6) is 0. The number of benzene rings is 1. The molecule has 1 aromatic carbocycles. The molecular weight excluding hydrogens is 205 g/mol. The van der Waals surface area contributed by atoms with Gasteiger partial charge in [0.2, 0.25) is 0 Å². The van der Waals surface area contributed by atoms with Crippen LogP contribution in [-0.2, 0) is 4.74 Å². The SMILES string of the molecule is COCCCN(CCCF)c1ccccc1. The van der Waals surface area contributed by atoms with Gasteiger partial charge in [-0.15, -0.1) is 0 Å². The van der Waals surface area contributed by atoms with Crippen molar-refractivity contribution >= 4 is 5.69 Å². The number of halogens is 1. The van der Waals surface area contributed by atoms with Crippen molar-refractivity contribution in [2.75, 3.05) is 38.4 Å². The summed E-state index contributed by atoms with van der Waals surface area (Å²) in [7, 11) is 1.70. The second-order valence-electron chi connectivity index (χ2n) is 3.71. The van der Waals surface area contributed by atoms with E-state index in [9.17, 15) is 4.39 Å². The van der Waals surface area contributed by atoms with E-state index in [1.54, 1.807) is 7.11 Å². The molecule has 3 heteroatoms. The van der Waals surface area contributed by atoms with Gasteiger partial charge in [-0.25, -0.2) is 0 Å². The zero-order valence-electron chi connectivity index (χ0n) is 9.86. The Morgan fingerprint density at radius 2 is 1.81 bits per heavy atom. The summed E-state index contributed by atoms with van der Waals surface area (Å²) in [6.07, 6.45) is 1.56. The summed E-state index contributed by atoms with van der Waals surface area (Å²) >= 11 is 0. The number of rotatable bonds is 8. The van der Waals surface area contributed by atoms with Crippen molar-refractivity contribution in [1.29, 1.82) is 0 Å². The molecule has 0 fully saturated rings. The smallest absolute Gasteiger partial charge is 0.0911 e. The molecule has 0 radical (unpaired) electrons. The molecule has 0 atom stereocenters. The fraction of sp³-hybridized carbons (Fsp3) is 0.538. The molecule has 0 aromatic heterocycles. The van der Waals surface area contributed by atoms with Gasteiger partial charge >= 0.3 is 0 Å². The van der Waals surface area contributed by atoms with Crippen LogP contribution in [0.3, 0.4) is 0 Å². The lowest BCUT2D eigenvalue weighted by atomic mass is 10.2. The monoisotopic (exact) mass is 225 g/mol. The predicted molar refractivity (Wildman–Crippen MR) is 65.7 cm³/mol. The lowest BCUT2D eigenvalue weighted by Gasteiger charge is -2.24. The third-order valence-electron chi connectivity index (χ3n) is 2.46. The average Bonchev–Trinajstić information content (AvgIpc) is 2.35. The number of para-hydroxylation sites is 1. The second-order valence-corrected chi connectivity index (χ2v) is 3.71. The minimum atomic E-state index is -0.256. The summed E-state index contributed by atoms with van der Waals surface area (Å²) in [5, 5.41) is 0. The molecule has 1 aromatic rings. The van der Waals surface area contributed by atoms with E-state index in [-0.39, 0.29) is 6.67 Å². The third kappa shape index (κ3) is 4.62. The average molecular weight is 225 g/mol. The van der Waals surface area contributed by atoms with E-state index in [0.717, 1.165) is 31.8 Å². The maximum absolute atomic E-state index is 12.2. The van der Waals surface area contributed by atoms with E-state index in [2.05, 4.69) is 17.0 Å². The first-order valence-corrected chi connectivity index (χ1v) is 5.73. The molecule has 0 bridgehead atoms. The fourth-order valence-corrected chi connectivity index (χ4v) is 1.66. The van der Waals surface area contributed by atoms with E-state index in [1.165, 1.54) is 0 Å². The molecule has 1 rings (SSSR count). The molecule has 0 aliphatic heterocycles. The van der Waals surface area contributed by atoms with Gasteiger partial charge < -0.3 is 9.64 Å². The van der Waals surface area contributed by atoms with Crippen LogP contribution in [-0.4, -0.2) is 33.5 Å². The van der Waals surface area contributed by atoms with Crippen LogP contribution in [0.25, 0.3) is 0 Å². The van der Waals surface area contributed by atoms with E-state index in [0.29, 0.717) is 6.42 Å². The van der Waals surface area contributed by atoms with Gasteiger partial charge in [-0.3, -0.25) is 4.39 Å². The van der Waals surface area contributed by atoms with Crippen molar-refractivity contribution < 1.29 is 9.13 Å². The molecule has 0 saturated carbocycles. The highest BCUT2D eigenvalue weighted by Crippen LogP contribution is 2.13. The zero-order chi connectivity index (χ0) is 11.6. The van der Waals surface area contributed by atoms with Gasteiger partial charge in [0.15, 0.2) is 0 Å². The molecule has 0 amide bonds. The number of methoxy groups -OCH3 is 1. The number of hydrogen-bond donors (Lipinski definition) is 0. The molecule has 16 heavy (non-hydrogen) atoms. The van der Waals surface area contributed by atoms with Crippen LogP contribution in [0.4, 0.5) is 10.1 Å². The quantitative estimate of drug-likeness (QED) is 0.631. The number of ether oxygens (including phenoxy) is 1. The Hall–Kier alpha value is -1.09.